The van der Waals surface area contributed by atoms with Gasteiger partial charge in [0.05, 0.1) is 11.1 Å². The first kappa shape index (κ1) is 13.7. The van der Waals surface area contributed by atoms with Crippen LogP contribution in [0.1, 0.15) is 58.3 Å². The minimum atomic E-state index is -0.732. The van der Waals surface area contributed by atoms with Crippen LogP contribution in [0.25, 0.3) is 0 Å². The first-order valence-electron chi connectivity index (χ1n) is 6.26. The molecule has 0 aliphatic heterocycles. The van der Waals surface area contributed by atoms with Gasteiger partial charge in [-0.05, 0) is 12.8 Å². The van der Waals surface area contributed by atoms with Gasteiger partial charge in [-0.25, -0.2) is 0 Å². The number of carbonyl (C=O) groups is 1. The van der Waals surface area contributed by atoms with E-state index >= 15 is 0 Å². The highest BCUT2D eigenvalue weighted by Crippen LogP contribution is 2.30. The van der Waals surface area contributed by atoms with E-state index in [1.807, 2.05) is 0 Å². The number of rotatable bonds is 7. The number of Topliss-reactive ketones (excluding diaryl/α,β-unsaturated/α-hetero) is 1. The molecule has 1 aliphatic rings. The van der Waals surface area contributed by atoms with Crippen molar-refractivity contribution in [3.63, 3.8) is 0 Å². The van der Waals surface area contributed by atoms with E-state index in [0.29, 0.717) is 10.6 Å². The summed E-state index contributed by atoms with van der Waals surface area (Å²) in [6, 6.07) is 0. The normalized spacial score (nSPS) is 20.9. The summed E-state index contributed by atoms with van der Waals surface area (Å²) in [7, 11) is 0. The number of carbonyl (C=O) groups excluding carboxylic acids is 1. The molecular weight excluding hydrogens is 224 g/mol. The molecule has 2 nitrogen and oxygen atoms in total. The summed E-state index contributed by atoms with van der Waals surface area (Å²) in [5, 5.41) is 9.79. The molecule has 0 saturated carbocycles. The summed E-state index contributed by atoms with van der Waals surface area (Å²) in [5.74, 6) is 0.0334. The van der Waals surface area contributed by atoms with E-state index in [2.05, 4.69) is 6.92 Å². The van der Waals surface area contributed by atoms with Crippen LogP contribution < -0.4 is 0 Å². The summed E-state index contributed by atoms with van der Waals surface area (Å²) >= 11 is 5.89. The Morgan fingerprint density at radius 2 is 1.88 bits per heavy atom. The minimum Gasteiger partial charge on any atom is -0.387 e. The van der Waals surface area contributed by atoms with Crippen molar-refractivity contribution < 1.29 is 9.90 Å². The molecule has 0 aromatic heterocycles. The van der Waals surface area contributed by atoms with Crippen molar-refractivity contribution >= 4 is 17.4 Å². The quantitative estimate of drug-likeness (QED) is 0.696. The molecule has 1 unspecified atom stereocenters. The fourth-order valence-electron chi connectivity index (χ4n) is 2.06. The average Bonchev–Trinajstić information content (AvgIpc) is 2.49. The van der Waals surface area contributed by atoms with Gasteiger partial charge in [0, 0.05) is 12.0 Å². The van der Waals surface area contributed by atoms with Gasteiger partial charge in [0.25, 0.3) is 0 Å². The topological polar surface area (TPSA) is 37.3 Å². The number of allylic oxidation sites excluding steroid dienone is 1. The van der Waals surface area contributed by atoms with Crippen LogP contribution >= 0.6 is 11.6 Å². The monoisotopic (exact) mass is 244 g/mol. The van der Waals surface area contributed by atoms with Crippen molar-refractivity contribution in [1.29, 1.82) is 0 Å². The smallest absolute Gasteiger partial charge is 0.163 e. The first-order chi connectivity index (χ1) is 7.66. The third-order valence-electron chi connectivity index (χ3n) is 3.08. The van der Waals surface area contributed by atoms with Crippen LogP contribution in [0.3, 0.4) is 0 Å². The molecule has 92 valence electrons. The second-order valence-corrected chi connectivity index (χ2v) is 4.89. The predicted octanol–water partition coefficient (Wildman–Crippen LogP) is 3.56. The summed E-state index contributed by atoms with van der Waals surface area (Å²) in [6.45, 7) is 2.20. The van der Waals surface area contributed by atoms with Crippen LogP contribution in [0.15, 0.2) is 10.6 Å². The number of unbranched alkanes of at least 4 members (excludes halogenated alkanes) is 5. The van der Waals surface area contributed by atoms with Crippen molar-refractivity contribution in [2.24, 2.45) is 0 Å². The highest BCUT2D eigenvalue weighted by atomic mass is 35.5. The lowest BCUT2D eigenvalue weighted by Crippen LogP contribution is -2.02. The summed E-state index contributed by atoms with van der Waals surface area (Å²) in [5.41, 5.74) is 0.671. The van der Waals surface area contributed by atoms with Gasteiger partial charge in [-0.15, -0.1) is 0 Å². The van der Waals surface area contributed by atoms with Gasteiger partial charge in [0.15, 0.2) is 5.78 Å². The molecule has 0 saturated heterocycles. The van der Waals surface area contributed by atoms with Crippen molar-refractivity contribution in [1.82, 2.24) is 0 Å². The highest BCUT2D eigenvalue weighted by Gasteiger charge is 2.28. The van der Waals surface area contributed by atoms with E-state index < -0.39 is 6.10 Å². The number of aliphatic hydroxyl groups excluding tert-OH is 1. The zero-order valence-corrected chi connectivity index (χ0v) is 10.7. The fraction of sp³-hybridized carbons (Fsp3) is 0.769. The maximum atomic E-state index is 11.5. The van der Waals surface area contributed by atoms with Gasteiger partial charge in [0.2, 0.25) is 0 Å². The molecule has 3 heteroatoms. The number of hydrogen-bond donors (Lipinski definition) is 1. The molecule has 1 aliphatic carbocycles. The van der Waals surface area contributed by atoms with Gasteiger partial charge in [-0.3, -0.25) is 4.79 Å². The zero-order valence-electron chi connectivity index (χ0n) is 9.97. The number of ketones is 1. The lowest BCUT2D eigenvalue weighted by Gasteiger charge is -2.02. The van der Waals surface area contributed by atoms with E-state index in [1.165, 1.54) is 25.7 Å². The summed E-state index contributed by atoms with van der Waals surface area (Å²) in [4.78, 5) is 11.5. The lowest BCUT2D eigenvalue weighted by atomic mass is 10.0. The maximum Gasteiger partial charge on any atom is 0.163 e. The third-order valence-corrected chi connectivity index (χ3v) is 3.56. The van der Waals surface area contributed by atoms with Gasteiger partial charge in [0.1, 0.15) is 0 Å². The van der Waals surface area contributed by atoms with Gasteiger partial charge in [-0.1, -0.05) is 50.6 Å². The predicted molar refractivity (Wildman–Crippen MR) is 66.5 cm³/mol. The van der Waals surface area contributed by atoms with Crippen molar-refractivity contribution in [3.05, 3.63) is 10.6 Å². The maximum absolute atomic E-state index is 11.5. The van der Waals surface area contributed by atoms with Crippen LogP contribution in [-0.2, 0) is 4.79 Å². The molecule has 0 bridgehead atoms. The number of halogens is 1. The Labute approximate surface area is 103 Å². The standard InChI is InChI=1S/C13H21ClO2/c1-2-3-4-5-6-7-8-10-11(15)9-12(16)13(10)14/h12,16H,2-9H2,1H3. The van der Waals surface area contributed by atoms with E-state index in [1.54, 1.807) is 0 Å². The molecule has 0 heterocycles. The molecule has 16 heavy (non-hydrogen) atoms. The van der Waals surface area contributed by atoms with E-state index in [9.17, 15) is 9.90 Å². The largest absolute Gasteiger partial charge is 0.387 e. The third kappa shape index (κ3) is 3.91. The molecule has 0 fully saturated rings. The summed E-state index contributed by atoms with van der Waals surface area (Å²) in [6.07, 6.45) is 7.40. The highest BCUT2D eigenvalue weighted by molar-refractivity contribution is 6.34. The molecule has 0 spiro atoms. The Balaban J connectivity index is 2.20. The van der Waals surface area contributed by atoms with Crippen LogP contribution in [0.2, 0.25) is 0 Å². The van der Waals surface area contributed by atoms with Gasteiger partial charge >= 0.3 is 0 Å². The van der Waals surface area contributed by atoms with Crippen LogP contribution in [0.4, 0.5) is 0 Å². The van der Waals surface area contributed by atoms with Crippen LogP contribution in [0.5, 0.6) is 0 Å². The Morgan fingerprint density at radius 1 is 1.25 bits per heavy atom. The molecule has 0 aromatic rings. The molecule has 0 amide bonds. The second kappa shape index (κ2) is 7.08. The number of aliphatic hydroxyl groups is 1. The van der Waals surface area contributed by atoms with Gasteiger partial charge < -0.3 is 5.11 Å². The SMILES string of the molecule is CCCCCCCCC1=C(Cl)C(O)CC1=O. The Kier molecular flexibility index (Phi) is 6.07. The first-order valence-corrected chi connectivity index (χ1v) is 6.64. The second-order valence-electron chi connectivity index (χ2n) is 4.49. The Hall–Kier alpha value is -0.340. The molecule has 0 radical (unpaired) electrons. The molecule has 0 aromatic carbocycles. The molecule has 1 N–H and O–H groups in total. The molecular formula is C13H21ClO2. The van der Waals surface area contributed by atoms with E-state index in [-0.39, 0.29) is 12.2 Å². The average molecular weight is 245 g/mol. The van der Waals surface area contributed by atoms with E-state index in [4.69, 9.17) is 11.6 Å². The van der Waals surface area contributed by atoms with Crippen LogP contribution in [-0.4, -0.2) is 17.0 Å². The number of hydrogen-bond acceptors (Lipinski definition) is 2. The minimum absolute atomic E-state index is 0.0334. The van der Waals surface area contributed by atoms with Crippen LogP contribution in [0, 0.1) is 0 Å². The van der Waals surface area contributed by atoms with Gasteiger partial charge in [-0.2, -0.15) is 0 Å². The van der Waals surface area contributed by atoms with Crippen molar-refractivity contribution in [2.75, 3.05) is 0 Å². The lowest BCUT2D eigenvalue weighted by molar-refractivity contribution is -0.115. The fourth-order valence-corrected chi connectivity index (χ4v) is 2.34. The van der Waals surface area contributed by atoms with Crippen molar-refractivity contribution in [3.8, 4) is 0 Å². The van der Waals surface area contributed by atoms with Crippen molar-refractivity contribution in [2.45, 2.75) is 64.4 Å². The Morgan fingerprint density at radius 3 is 2.44 bits per heavy atom. The molecule has 1 atom stereocenters. The molecule has 1 rings (SSSR count). The zero-order chi connectivity index (χ0) is 12.0. The summed E-state index contributed by atoms with van der Waals surface area (Å²) < 4.78 is 0. The van der Waals surface area contributed by atoms with E-state index in [0.717, 1.165) is 19.3 Å². The Bertz CT molecular complexity index is 271.